The van der Waals surface area contributed by atoms with Gasteiger partial charge in [-0.25, -0.2) is 9.47 Å². The Bertz CT molecular complexity index is 1140. The smallest absolute Gasteiger partial charge is 0.337 e. The predicted molar refractivity (Wildman–Crippen MR) is 116 cm³/mol. The Morgan fingerprint density at radius 1 is 1.10 bits per heavy atom. The number of benzene rings is 1. The summed E-state index contributed by atoms with van der Waals surface area (Å²) in [5, 5.41) is 14.0. The zero-order valence-corrected chi connectivity index (χ0v) is 17.5. The molecule has 3 aromatic heterocycles. The molecule has 4 aromatic rings. The summed E-state index contributed by atoms with van der Waals surface area (Å²) in [6, 6.07) is 14.3. The van der Waals surface area contributed by atoms with Crippen LogP contribution in [0.4, 0.5) is 5.69 Å². The summed E-state index contributed by atoms with van der Waals surface area (Å²) in [4.78, 5) is 24.9. The van der Waals surface area contributed by atoms with E-state index >= 15 is 0 Å². The molecular weight excluding hydrogens is 422 g/mol. The Morgan fingerprint density at radius 3 is 2.53 bits per heavy atom. The third-order valence-corrected chi connectivity index (χ3v) is 5.88. The summed E-state index contributed by atoms with van der Waals surface area (Å²) in [5.74, 6) is 0.255. The fourth-order valence-corrected chi connectivity index (χ4v) is 4.14. The summed E-state index contributed by atoms with van der Waals surface area (Å²) >= 11 is 2.86. The van der Waals surface area contributed by atoms with Gasteiger partial charge in [-0.2, -0.15) is 0 Å². The van der Waals surface area contributed by atoms with Crippen LogP contribution in [0.3, 0.4) is 0 Å². The summed E-state index contributed by atoms with van der Waals surface area (Å²) in [7, 11) is 1.32. The summed E-state index contributed by atoms with van der Waals surface area (Å²) < 4.78 is 8.42. The fraction of sp³-hybridized carbons (Fsp3) is 0.100. The molecule has 30 heavy (non-hydrogen) atoms. The van der Waals surface area contributed by atoms with Crippen LogP contribution in [0.1, 0.15) is 10.4 Å². The van der Waals surface area contributed by atoms with Crippen molar-refractivity contribution in [3.8, 4) is 10.7 Å². The Labute approximate surface area is 180 Å². The molecule has 10 heteroatoms. The lowest BCUT2D eigenvalue weighted by Gasteiger charge is -2.10. The first-order chi connectivity index (χ1) is 14.7. The number of hydrogen-bond donors (Lipinski definition) is 1. The standard InChI is InChI=1S/C20H17N5O3S2/c1-28-19(27)14-6-8-15(9-7-14)21-17(26)13-30-20-23-22-18(16-5-4-12-29-16)25(20)24-10-2-3-11-24/h2-12H,13H2,1H3,(H,21,26). The number of ether oxygens (including phenoxy) is 1. The van der Waals surface area contributed by atoms with Gasteiger partial charge in [0.25, 0.3) is 0 Å². The lowest BCUT2D eigenvalue weighted by atomic mass is 10.2. The molecular formula is C20H17N5O3S2. The molecule has 0 aliphatic rings. The van der Waals surface area contributed by atoms with Gasteiger partial charge in [-0.1, -0.05) is 17.8 Å². The minimum atomic E-state index is -0.422. The van der Waals surface area contributed by atoms with Crippen molar-refractivity contribution in [3.05, 3.63) is 71.9 Å². The molecule has 0 saturated heterocycles. The van der Waals surface area contributed by atoms with Gasteiger partial charge >= 0.3 is 5.97 Å². The molecule has 0 radical (unpaired) electrons. The van der Waals surface area contributed by atoms with Crippen LogP contribution >= 0.6 is 23.1 Å². The highest BCUT2D eigenvalue weighted by molar-refractivity contribution is 7.99. The number of nitrogens with zero attached hydrogens (tertiary/aromatic N) is 4. The molecule has 0 bridgehead atoms. The van der Waals surface area contributed by atoms with E-state index in [1.54, 1.807) is 35.6 Å². The van der Waals surface area contributed by atoms with Crippen molar-refractivity contribution in [1.82, 2.24) is 19.5 Å². The zero-order chi connectivity index (χ0) is 20.9. The van der Waals surface area contributed by atoms with Gasteiger partial charge in [0.2, 0.25) is 11.1 Å². The van der Waals surface area contributed by atoms with Crippen molar-refractivity contribution in [2.45, 2.75) is 5.16 Å². The van der Waals surface area contributed by atoms with Gasteiger partial charge < -0.3 is 10.1 Å². The van der Waals surface area contributed by atoms with Crippen LogP contribution in [0.2, 0.25) is 0 Å². The number of nitrogens with one attached hydrogen (secondary N) is 1. The summed E-state index contributed by atoms with van der Waals surface area (Å²) in [6.07, 6.45) is 3.79. The fourth-order valence-electron chi connectivity index (χ4n) is 2.72. The second-order valence-corrected chi connectivity index (χ2v) is 7.95. The van der Waals surface area contributed by atoms with Crippen LogP contribution in [0.15, 0.2) is 71.5 Å². The summed E-state index contributed by atoms with van der Waals surface area (Å²) in [6.45, 7) is 0. The molecule has 0 unspecified atom stereocenters. The number of aromatic nitrogens is 4. The van der Waals surface area contributed by atoms with E-state index in [9.17, 15) is 9.59 Å². The van der Waals surface area contributed by atoms with Gasteiger partial charge in [0.15, 0.2) is 5.82 Å². The van der Waals surface area contributed by atoms with E-state index in [1.165, 1.54) is 18.9 Å². The number of thiophene rings is 1. The van der Waals surface area contributed by atoms with E-state index in [0.717, 1.165) is 4.88 Å². The van der Waals surface area contributed by atoms with E-state index < -0.39 is 5.97 Å². The molecule has 0 aliphatic carbocycles. The van der Waals surface area contributed by atoms with Crippen LogP contribution in [0.5, 0.6) is 0 Å². The summed E-state index contributed by atoms with van der Waals surface area (Å²) in [5.41, 5.74) is 1.02. The van der Waals surface area contributed by atoms with E-state index in [4.69, 9.17) is 0 Å². The molecule has 152 valence electrons. The Hall–Kier alpha value is -3.37. The average Bonchev–Trinajstić information content (AvgIpc) is 3.53. The van der Waals surface area contributed by atoms with Crippen molar-refractivity contribution in [3.63, 3.8) is 0 Å². The molecule has 0 atom stereocenters. The third kappa shape index (κ3) is 4.29. The lowest BCUT2D eigenvalue weighted by molar-refractivity contribution is -0.113. The van der Waals surface area contributed by atoms with Crippen LogP contribution in [0, 0.1) is 0 Å². The number of esters is 1. The topological polar surface area (TPSA) is 91.0 Å². The maximum atomic E-state index is 12.4. The van der Waals surface area contributed by atoms with Gasteiger partial charge in [0.05, 0.1) is 23.3 Å². The van der Waals surface area contributed by atoms with Gasteiger partial charge in [-0.05, 0) is 47.8 Å². The second-order valence-electron chi connectivity index (χ2n) is 6.06. The van der Waals surface area contributed by atoms with Gasteiger partial charge in [0, 0.05) is 18.1 Å². The maximum Gasteiger partial charge on any atom is 0.337 e. The first kappa shape index (κ1) is 19.9. The van der Waals surface area contributed by atoms with E-state index in [1.807, 2.05) is 51.4 Å². The molecule has 1 amide bonds. The normalized spacial score (nSPS) is 10.7. The van der Waals surface area contributed by atoms with Gasteiger partial charge in [0.1, 0.15) is 0 Å². The highest BCUT2D eigenvalue weighted by atomic mass is 32.2. The first-order valence-electron chi connectivity index (χ1n) is 8.89. The predicted octanol–water partition coefficient (Wildman–Crippen LogP) is 3.64. The molecule has 0 fully saturated rings. The SMILES string of the molecule is COC(=O)c1ccc(NC(=O)CSc2nnc(-c3cccs3)n2-n2cccc2)cc1. The second kappa shape index (κ2) is 8.97. The molecule has 8 nitrogen and oxygen atoms in total. The van der Waals surface area contributed by atoms with Crippen molar-refractivity contribution < 1.29 is 14.3 Å². The van der Waals surface area contributed by atoms with Gasteiger partial charge in [-0.15, -0.1) is 21.5 Å². The zero-order valence-electron chi connectivity index (χ0n) is 15.9. The first-order valence-corrected chi connectivity index (χ1v) is 10.8. The average molecular weight is 440 g/mol. The minimum absolute atomic E-state index is 0.155. The highest BCUT2D eigenvalue weighted by Gasteiger charge is 2.17. The largest absolute Gasteiger partial charge is 0.465 e. The molecule has 4 rings (SSSR count). The third-order valence-electron chi connectivity index (χ3n) is 4.10. The quantitative estimate of drug-likeness (QED) is 0.349. The van der Waals surface area contributed by atoms with Crippen molar-refractivity contribution in [2.24, 2.45) is 0 Å². The number of thioether (sulfide) groups is 1. The highest BCUT2D eigenvalue weighted by Crippen LogP contribution is 2.27. The van der Waals surface area contributed by atoms with Crippen molar-refractivity contribution >= 4 is 40.7 Å². The number of carbonyl (C=O) groups excluding carboxylic acids is 2. The maximum absolute atomic E-state index is 12.4. The van der Waals surface area contributed by atoms with Crippen molar-refractivity contribution in [2.75, 3.05) is 18.2 Å². The van der Waals surface area contributed by atoms with Crippen LogP contribution in [0.25, 0.3) is 10.7 Å². The minimum Gasteiger partial charge on any atom is -0.465 e. The molecule has 0 aliphatic heterocycles. The van der Waals surface area contributed by atoms with Gasteiger partial charge in [-0.3, -0.25) is 9.47 Å². The number of amides is 1. The molecule has 1 aromatic carbocycles. The van der Waals surface area contributed by atoms with Crippen LogP contribution in [-0.2, 0) is 9.53 Å². The lowest BCUT2D eigenvalue weighted by Crippen LogP contribution is -2.16. The molecule has 0 saturated carbocycles. The Kier molecular flexibility index (Phi) is 5.96. The molecule has 3 heterocycles. The van der Waals surface area contributed by atoms with Crippen LogP contribution in [-0.4, -0.2) is 44.3 Å². The monoisotopic (exact) mass is 439 g/mol. The Balaban J connectivity index is 1.46. The van der Waals surface area contributed by atoms with E-state index in [0.29, 0.717) is 22.2 Å². The van der Waals surface area contributed by atoms with Crippen LogP contribution < -0.4 is 5.32 Å². The Morgan fingerprint density at radius 2 is 1.87 bits per heavy atom. The number of anilines is 1. The molecule has 0 spiro atoms. The van der Waals surface area contributed by atoms with Crippen molar-refractivity contribution in [1.29, 1.82) is 0 Å². The molecule has 1 N–H and O–H groups in total. The number of hydrogen-bond acceptors (Lipinski definition) is 7. The number of methoxy groups -OCH3 is 1. The van der Waals surface area contributed by atoms with E-state index in [2.05, 4.69) is 20.3 Å². The number of rotatable bonds is 7. The van der Waals surface area contributed by atoms with E-state index in [-0.39, 0.29) is 11.7 Å². The number of carbonyl (C=O) groups is 2.